The Morgan fingerprint density at radius 3 is 1.80 bits per heavy atom. The molecule has 0 spiro atoms. The molecule has 0 bridgehead atoms. The van der Waals surface area contributed by atoms with Crippen LogP contribution in [0.5, 0.6) is 0 Å². The molecule has 10 heavy (non-hydrogen) atoms. The summed E-state index contributed by atoms with van der Waals surface area (Å²) in [6.07, 6.45) is 0. The zero-order valence-corrected chi connectivity index (χ0v) is 7.48. The van der Waals surface area contributed by atoms with Crippen molar-refractivity contribution in [3.63, 3.8) is 0 Å². The molecule has 0 heterocycles. The molecule has 0 saturated carbocycles. The average molecular weight is 186 g/mol. The molecule has 0 aliphatic rings. The largest absolute Gasteiger partial charge is 0.231 e. The van der Waals surface area contributed by atoms with Gasteiger partial charge in [-0.2, -0.15) is 0 Å². The zero-order valence-electron chi connectivity index (χ0n) is 5.77. The first-order valence-corrected chi connectivity index (χ1v) is 5.77. The molecule has 0 aromatic carbocycles. The van der Waals surface area contributed by atoms with Crippen molar-refractivity contribution in [1.29, 1.82) is 0 Å². The Kier molecular flexibility index (Phi) is 3.30. The lowest BCUT2D eigenvalue weighted by Crippen LogP contribution is -2.18. The monoisotopic (exact) mass is 186 g/mol. The Bertz CT molecular complexity index is 251. The Labute approximate surface area is 62.1 Å². The first-order chi connectivity index (χ1) is 4.36. The third-order valence-corrected chi connectivity index (χ3v) is 4.72. The van der Waals surface area contributed by atoms with Crippen LogP contribution in [0.2, 0.25) is 0 Å². The average Bonchev–Trinajstić information content (AvgIpc) is 1.60. The molecule has 0 aromatic rings. The van der Waals surface area contributed by atoms with Crippen LogP contribution in [0.1, 0.15) is 13.8 Å². The van der Waals surface area contributed by atoms with Crippen LogP contribution in [0.25, 0.3) is 0 Å². The third kappa shape index (κ3) is 3.17. The highest BCUT2D eigenvalue weighted by atomic mass is 32.3. The fourth-order valence-corrected chi connectivity index (χ4v) is 2.66. The van der Waals surface area contributed by atoms with Gasteiger partial charge in [-0.3, -0.25) is 0 Å². The van der Waals surface area contributed by atoms with Crippen molar-refractivity contribution >= 4 is 20.5 Å². The summed E-state index contributed by atoms with van der Waals surface area (Å²) < 4.78 is 41.5. The minimum absolute atomic E-state index is 0.611. The summed E-state index contributed by atoms with van der Waals surface area (Å²) in [4.78, 5) is 0. The standard InChI is InChI=1S/C4H10O4S2/c1-4(2)10(7,8)3-9(5)6/h4,9H,3H2,1-2H3. The van der Waals surface area contributed by atoms with Gasteiger partial charge in [0.05, 0.1) is 5.25 Å². The van der Waals surface area contributed by atoms with Crippen molar-refractivity contribution in [2.24, 2.45) is 0 Å². The molecule has 6 heteroatoms. The Balaban J connectivity index is 4.46. The maximum absolute atomic E-state index is 10.8. The van der Waals surface area contributed by atoms with Gasteiger partial charge >= 0.3 is 0 Å². The highest BCUT2D eigenvalue weighted by Crippen LogP contribution is 1.99. The maximum atomic E-state index is 10.8. The molecule has 0 atom stereocenters. The van der Waals surface area contributed by atoms with Gasteiger partial charge in [0.1, 0.15) is 5.08 Å². The van der Waals surface area contributed by atoms with E-state index in [-0.39, 0.29) is 0 Å². The first-order valence-electron chi connectivity index (χ1n) is 2.69. The molecular weight excluding hydrogens is 176 g/mol. The van der Waals surface area contributed by atoms with Crippen LogP contribution in [-0.4, -0.2) is 27.2 Å². The fraction of sp³-hybridized carbons (Fsp3) is 1.00. The molecule has 0 fully saturated rings. The van der Waals surface area contributed by atoms with Crippen molar-refractivity contribution in [2.75, 3.05) is 5.08 Å². The topological polar surface area (TPSA) is 68.3 Å². The smallest absolute Gasteiger partial charge is 0.166 e. The van der Waals surface area contributed by atoms with Crippen LogP contribution in [0.3, 0.4) is 0 Å². The maximum Gasteiger partial charge on any atom is 0.166 e. The molecular formula is C4H10O4S2. The minimum Gasteiger partial charge on any atom is -0.231 e. The molecule has 4 nitrogen and oxygen atoms in total. The van der Waals surface area contributed by atoms with E-state index in [1.54, 1.807) is 0 Å². The number of hydrogen-bond donors (Lipinski definition) is 1. The van der Waals surface area contributed by atoms with Crippen molar-refractivity contribution < 1.29 is 16.8 Å². The second-order valence-electron chi connectivity index (χ2n) is 2.17. The number of rotatable bonds is 3. The van der Waals surface area contributed by atoms with Crippen LogP contribution < -0.4 is 0 Å². The number of sulfone groups is 1. The predicted molar refractivity (Wildman–Crippen MR) is 39.2 cm³/mol. The molecule has 0 aliphatic carbocycles. The van der Waals surface area contributed by atoms with Crippen LogP contribution in [0.4, 0.5) is 0 Å². The molecule has 0 radical (unpaired) electrons. The van der Waals surface area contributed by atoms with E-state index in [0.717, 1.165) is 0 Å². The van der Waals surface area contributed by atoms with Crippen LogP contribution in [-0.2, 0) is 20.5 Å². The van der Waals surface area contributed by atoms with Gasteiger partial charge in [0, 0.05) is 0 Å². The Morgan fingerprint density at radius 2 is 1.70 bits per heavy atom. The van der Waals surface area contributed by atoms with Crippen molar-refractivity contribution in [3.05, 3.63) is 0 Å². The van der Waals surface area contributed by atoms with Crippen molar-refractivity contribution in [2.45, 2.75) is 19.1 Å². The number of thiol groups is 1. The SMILES string of the molecule is CC(C)S(=O)(=O)C[SH](=O)=O. The molecule has 0 rings (SSSR count). The molecule has 0 N–H and O–H groups in total. The minimum atomic E-state index is -3.39. The molecule has 0 aromatic heterocycles. The summed E-state index contributed by atoms with van der Waals surface area (Å²) in [5.41, 5.74) is 0. The van der Waals surface area contributed by atoms with E-state index >= 15 is 0 Å². The van der Waals surface area contributed by atoms with E-state index in [0.29, 0.717) is 0 Å². The Hall–Kier alpha value is -0.100. The van der Waals surface area contributed by atoms with E-state index in [2.05, 4.69) is 0 Å². The Morgan fingerprint density at radius 1 is 1.30 bits per heavy atom. The second kappa shape index (κ2) is 3.34. The van der Waals surface area contributed by atoms with Gasteiger partial charge in [0.15, 0.2) is 20.5 Å². The van der Waals surface area contributed by atoms with E-state index in [1.165, 1.54) is 13.8 Å². The molecule has 0 amide bonds. The lowest BCUT2D eigenvalue weighted by Gasteiger charge is -2.01. The van der Waals surface area contributed by atoms with Crippen LogP contribution in [0, 0.1) is 0 Å². The highest BCUT2D eigenvalue weighted by Gasteiger charge is 2.16. The van der Waals surface area contributed by atoms with Crippen molar-refractivity contribution in [3.8, 4) is 0 Å². The van der Waals surface area contributed by atoms with E-state index in [9.17, 15) is 16.8 Å². The molecule has 0 aliphatic heterocycles. The van der Waals surface area contributed by atoms with Gasteiger partial charge in [-0.1, -0.05) is 0 Å². The predicted octanol–water partition coefficient (Wildman–Crippen LogP) is -0.621. The first kappa shape index (κ1) is 9.90. The van der Waals surface area contributed by atoms with Crippen LogP contribution in [0.15, 0.2) is 0 Å². The third-order valence-electron chi connectivity index (χ3n) is 1.00. The van der Waals surface area contributed by atoms with Gasteiger partial charge in [-0.05, 0) is 13.8 Å². The lowest BCUT2D eigenvalue weighted by molar-refractivity contribution is 0.588. The number of hydrogen-bond acceptors (Lipinski definition) is 4. The van der Waals surface area contributed by atoms with Crippen molar-refractivity contribution in [1.82, 2.24) is 0 Å². The van der Waals surface area contributed by atoms with E-state index < -0.39 is 30.9 Å². The summed E-state index contributed by atoms with van der Waals surface area (Å²) >= 11 is 0. The summed E-state index contributed by atoms with van der Waals surface area (Å²) in [5.74, 6) is 0. The summed E-state index contributed by atoms with van der Waals surface area (Å²) in [6, 6.07) is 0. The van der Waals surface area contributed by atoms with Crippen LogP contribution >= 0.6 is 0 Å². The van der Waals surface area contributed by atoms with Gasteiger partial charge in [-0.15, -0.1) is 0 Å². The summed E-state index contributed by atoms with van der Waals surface area (Å²) in [6.45, 7) is 2.91. The normalized spacial score (nSPS) is 12.8. The van der Waals surface area contributed by atoms with Gasteiger partial charge in [-0.25, -0.2) is 16.8 Å². The van der Waals surface area contributed by atoms with Gasteiger partial charge in [0.25, 0.3) is 0 Å². The van der Waals surface area contributed by atoms with E-state index in [1.807, 2.05) is 0 Å². The second-order valence-corrected chi connectivity index (χ2v) is 6.14. The summed E-state index contributed by atoms with van der Waals surface area (Å²) in [7, 11) is -6.20. The molecule has 0 unspecified atom stereocenters. The fourth-order valence-electron chi connectivity index (χ4n) is 0.296. The van der Waals surface area contributed by atoms with Gasteiger partial charge < -0.3 is 0 Å². The van der Waals surface area contributed by atoms with E-state index in [4.69, 9.17) is 0 Å². The quantitative estimate of drug-likeness (QED) is 0.596. The molecule has 62 valence electrons. The molecule has 0 saturated heterocycles. The highest BCUT2D eigenvalue weighted by molar-refractivity contribution is 8.01. The van der Waals surface area contributed by atoms with Gasteiger partial charge in [0.2, 0.25) is 0 Å². The lowest BCUT2D eigenvalue weighted by atomic mass is 10.6. The zero-order chi connectivity index (χ0) is 8.36. The summed E-state index contributed by atoms with van der Waals surface area (Å²) in [5, 5.41) is -1.35.